The predicted molar refractivity (Wildman–Crippen MR) is 75.2 cm³/mol. The Morgan fingerprint density at radius 1 is 1.45 bits per heavy atom. The summed E-state index contributed by atoms with van der Waals surface area (Å²) in [5, 5.41) is 12.2. The first-order valence-corrected chi connectivity index (χ1v) is 8.15. The van der Waals surface area contributed by atoms with Crippen molar-refractivity contribution < 1.29 is 18.3 Å². The van der Waals surface area contributed by atoms with Crippen LogP contribution in [-0.2, 0) is 14.6 Å². The Hall–Kier alpha value is -1.60. The molecule has 7 heteroatoms. The summed E-state index contributed by atoms with van der Waals surface area (Å²) in [4.78, 5) is 12.2. The molecule has 1 aliphatic rings. The quantitative estimate of drug-likeness (QED) is 0.714. The van der Waals surface area contributed by atoms with E-state index in [4.69, 9.17) is 5.73 Å². The van der Waals surface area contributed by atoms with Gasteiger partial charge in [0.15, 0.2) is 9.84 Å². The average molecular weight is 298 g/mol. The van der Waals surface area contributed by atoms with Crippen LogP contribution >= 0.6 is 0 Å². The molecule has 0 aromatic heterocycles. The molecular weight excluding hydrogens is 280 g/mol. The van der Waals surface area contributed by atoms with E-state index in [9.17, 15) is 18.3 Å². The van der Waals surface area contributed by atoms with E-state index in [1.807, 2.05) is 0 Å². The van der Waals surface area contributed by atoms with Crippen molar-refractivity contribution in [2.75, 3.05) is 11.6 Å². The van der Waals surface area contributed by atoms with Gasteiger partial charge in [-0.05, 0) is 43.9 Å². The molecule has 1 saturated carbocycles. The van der Waals surface area contributed by atoms with Crippen LogP contribution in [0.5, 0.6) is 5.75 Å². The molecule has 1 aromatic carbocycles. The van der Waals surface area contributed by atoms with E-state index >= 15 is 0 Å². The largest absolute Gasteiger partial charge is 0.506 e. The van der Waals surface area contributed by atoms with Crippen molar-refractivity contribution in [2.24, 2.45) is 11.7 Å². The topological polar surface area (TPSA) is 109 Å². The van der Waals surface area contributed by atoms with Gasteiger partial charge in [-0.1, -0.05) is 0 Å². The lowest BCUT2D eigenvalue weighted by atomic mass is 9.96. The number of nitrogens with two attached hydrogens (primary N) is 1. The Balaban J connectivity index is 2.27. The Bertz CT molecular complexity index is 648. The van der Waals surface area contributed by atoms with Gasteiger partial charge in [-0.25, -0.2) is 8.42 Å². The summed E-state index contributed by atoms with van der Waals surface area (Å²) in [6, 6.07) is 3.74. The normalized spacial score (nSPS) is 18.4. The predicted octanol–water partition coefficient (Wildman–Crippen LogP) is 0.862. The van der Waals surface area contributed by atoms with Crippen LogP contribution in [0.15, 0.2) is 23.1 Å². The number of carbonyl (C=O) groups is 1. The molecule has 1 aliphatic carbocycles. The molecule has 0 heterocycles. The Kier molecular flexibility index (Phi) is 3.51. The maximum Gasteiger partial charge on any atom is 0.244 e. The molecule has 1 unspecified atom stereocenters. The first-order valence-electron chi connectivity index (χ1n) is 6.26. The minimum atomic E-state index is -3.41. The molecule has 0 bridgehead atoms. The summed E-state index contributed by atoms with van der Waals surface area (Å²) < 4.78 is 23.0. The number of benzene rings is 1. The van der Waals surface area contributed by atoms with Crippen molar-refractivity contribution in [1.82, 2.24) is 0 Å². The number of aromatic hydroxyl groups is 1. The summed E-state index contributed by atoms with van der Waals surface area (Å²) in [6.07, 6.45) is 2.85. The molecule has 0 radical (unpaired) electrons. The molecular formula is C13H18N2O4S. The second kappa shape index (κ2) is 4.75. The number of sulfone groups is 1. The summed E-state index contributed by atoms with van der Waals surface area (Å²) in [5.74, 6) is -0.499. The maximum atomic E-state index is 12.1. The summed E-state index contributed by atoms with van der Waals surface area (Å²) in [6.45, 7) is 1.64. The van der Waals surface area contributed by atoms with E-state index < -0.39 is 21.3 Å². The number of amides is 1. The lowest BCUT2D eigenvalue weighted by Gasteiger charge is -2.23. The highest BCUT2D eigenvalue weighted by Gasteiger charge is 2.44. The highest BCUT2D eigenvalue weighted by atomic mass is 32.2. The molecule has 1 amide bonds. The molecule has 1 atom stereocenters. The van der Waals surface area contributed by atoms with Crippen LogP contribution in [0.3, 0.4) is 0 Å². The third-order valence-electron chi connectivity index (χ3n) is 3.56. The van der Waals surface area contributed by atoms with Gasteiger partial charge in [0.2, 0.25) is 5.91 Å². The van der Waals surface area contributed by atoms with Crippen molar-refractivity contribution in [3.63, 3.8) is 0 Å². The van der Waals surface area contributed by atoms with Crippen molar-refractivity contribution in [2.45, 2.75) is 30.2 Å². The number of rotatable bonds is 4. The molecule has 4 N–H and O–H groups in total. The molecule has 110 valence electrons. The molecule has 20 heavy (non-hydrogen) atoms. The molecule has 2 rings (SSSR count). The highest BCUT2D eigenvalue weighted by Crippen LogP contribution is 2.39. The van der Waals surface area contributed by atoms with Crippen LogP contribution in [0.1, 0.15) is 19.8 Å². The molecule has 6 nitrogen and oxygen atoms in total. The first-order chi connectivity index (χ1) is 9.12. The monoisotopic (exact) mass is 298 g/mol. The molecule has 0 spiro atoms. The van der Waals surface area contributed by atoms with E-state index in [1.165, 1.54) is 18.2 Å². The second-order valence-electron chi connectivity index (χ2n) is 5.46. The van der Waals surface area contributed by atoms with Crippen molar-refractivity contribution in [3.8, 4) is 5.75 Å². The number of anilines is 1. The van der Waals surface area contributed by atoms with E-state index in [0.717, 1.165) is 19.1 Å². The Labute approximate surface area is 117 Å². The van der Waals surface area contributed by atoms with E-state index in [0.29, 0.717) is 0 Å². The fourth-order valence-corrected chi connectivity index (χ4v) is 2.62. The SMILES string of the molecule is CC(N)(C(=O)Nc1cc(S(C)(=O)=O)ccc1O)C1CC1. The van der Waals surface area contributed by atoms with E-state index in [1.54, 1.807) is 6.92 Å². The fraction of sp³-hybridized carbons (Fsp3) is 0.462. The number of phenols is 1. The van der Waals surface area contributed by atoms with Crippen LogP contribution in [0.25, 0.3) is 0 Å². The van der Waals surface area contributed by atoms with Crippen molar-refractivity contribution in [3.05, 3.63) is 18.2 Å². The van der Waals surface area contributed by atoms with Crippen LogP contribution in [0, 0.1) is 5.92 Å². The Morgan fingerprint density at radius 2 is 2.05 bits per heavy atom. The summed E-state index contributed by atoms with van der Waals surface area (Å²) in [7, 11) is -3.41. The van der Waals surface area contributed by atoms with Crippen LogP contribution in [0.2, 0.25) is 0 Å². The fourth-order valence-electron chi connectivity index (χ4n) is 1.97. The zero-order valence-electron chi connectivity index (χ0n) is 11.4. The number of hydrogen-bond donors (Lipinski definition) is 3. The zero-order valence-corrected chi connectivity index (χ0v) is 12.2. The average Bonchev–Trinajstić information content (AvgIpc) is 3.14. The van der Waals surface area contributed by atoms with Gasteiger partial charge in [0.25, 0.3) is 0 Å². The van der Waals surface area contributed by atoms with Gasteiger partial charge in [0.05, 0.1) is 16.1 Å². The molecule has 0 saturated heterocycles. The number of phenolic OH excluding ortho intramolecular Hbond substituents is 1. The van der Waals surface area contributed by atoms with Gasteiger partial charge in [0, 0.05) is 6.26 Å². The Morgan fingerprint density at radius 3 is 2.55 bits per heavy atom. The van der Waals surface area contributed by atoms with Crippen LogP contribution < -0.4 is 11.1 Å². The van der Waals surface area contributed by atoms with Crippen LogP contribution in [0.4, 0.5) is 5.69 Å². The van der Waals surface area contributed by atoms with Crippen molar-refractivity contribution >= 4 is 21.4 Å². The molecule has 0 aliphatic heterocycles. The third-order valence-corrected chi connectivity index (χ3v) is 4.67. The molecule has 1 fully saturated rings. The minimum Gasteiger partial charge on any atom is -0.506 e. The smallest absolute Gasteiger partial charge is 0.244 e. The lowest BCUT2D eigenvalue weighted by Crippen LogP contribution is -2.50. The number of nitrogens with one attached hydrogen (secondary N) is 1. The standard InChI is InChI=1S/C13H18N2O4S/c1-13(14,8-3-4-8)12(17)15-10-7-9(20(2,18)19)5-6-11(10)16/h5-8,16H,3-4,14H2,1-2H3,(H,15,17). The van der Waals surface area contributed by atoms with Crippen molar-refractivity contribution in [1.29, 1.82) is 0 Å². The maximum absolute atomic E-state index is 12.1. The third kappa shape index (κ3) is 2.94. The van der Waals surface area contributed by atoms with Gasteiger partial charge in [-0.15, -0.1) is 0 Å². The summed E-state index contributed by atoms with van der Waals surface area (Å²) in [5.41, 5.74) is 5.01. The highest BCUT2D eigenvalue weighted by molar-refractivity contribution is 7.90. The van der Waals surface area contributed by atoms with Crippen LogP contribution in [-0.4, -0.2) is 31.2 Å². The number of carbonyl (C=O) groups excluding carboxylic acids is 1. The summed E-state index contributed by atoms with van der Waals surface area (Å²) >= 11 is 0. The zero-order chi connectivity index (χ0) is 15.1. The van der Waals surface area contributed by atoms with E-state index in [-0.39, 0.29) is 22.3 Å². The number of hydrogen-bond acceptors (Lipinski definition) is 5. The van der Waals surface area contributed by atoms with Gasteiger partial charge < -0.3 is 16.2 Å². The minimum absolute atomic E-state index is 0.0238. The van der Waals surface area contributed by atoms with Gasteiger partial charge in [-0.3, -0.25) is 4.79 Å². The first kappa shape index (κ1) is 14.8. The molecule has 1 aromatic rings. The lowest BCUT2D eigenvalue weighted by molar-refractivity contribution is -0.121. The second-order valence-corrected chi connectivity index (χ2v) is 7.48. The van der Waals surface area contributed by atoms with Gasteiger partial charge >= 0.3 is 0 Å². The van der Waals surface area contributed by atoms with E-state index in [2.05, 4.69) is 5.32 Å². The van der Waals surface area contributed by atoms with Gasteiger partial charge in [0.1, 0.15) is 5.75 Å². The van der Waals surface area contributed by atoms with Gasteiger partial charge in [-0.2, -0.15) is 0 Å².